The molecule has 0 amide bonds. The van der Waals surface area contributed by atoms with Gasteiger partial charge in [-0.15, -0.1) is 0 Å². The van der Waals surface area contributed by atoms with Gasteiger partial charge in [0.25, 0.3) is 0 Å². The molecule has 6 atom stereocenters. The van der Waals surface area contributed by atoms with Crippen LogP contribution >= 0.6 is 0 Å². The first-order chi connectivity index (χ1) is 11.6. The zero-order valence-corrected chi connectivity index (χ0v) is 15.5. The van der Waals surface area contributed by atoms with Gasteiger partial charge in [0.1, 0.15) is 5.78 Å². The largest absolute Gasteiger partial charge is 0.451 e. The van der Waals surface area contributed by atoms with E-state index in [-0.39, 0.29) is 29.0 Å². The fourth-order valence-corrected chi connectivity index (χ4v) is 5.67. The summed E-state index contributed by atoms with van der Waals surface area (Å²) in [7, 11) is 0. The van der Waals surface area contributed by atoms with Gasteiger partial charge in [0.15, 0.2) is 11.7 Å². The molecule has 4 saturated carbocycles. The van der Waals surface area contributed by atoms with Crippen molar-refractivity contribution < 1.29 is 23.9 Å². The molecule has 5 fully saturated rings. The molecule has 4 aliphatic carbocycles. The summed E-state index contributed by atoms with van der Waals surface area (Å²) in [5.74, 6) is -0.343. The summed E-state index contributed by atoms with van der Waals surface area (Å²) >= 11 is 0. The minimum Gasteiger partial charge on any atom is -0.451 e. The van der Waals surface area contributed by atoms with Crippen molar-refractivity contribution in [2.24, 2.45) is 22.7 Å². The molecular weight excluding hydrogens is 320 g/mol. The second-order valence-corrected chi connectivity index (χ2v) is 8.94. The number of Topliss-reactive ketones (excluding diaryl/α,β-unsaturated/α-hetero) is 2. The zero-order valence-electron chi connectivity index (χ0n) is 15.5. The van der Waals surface area contributed by atoms with Crippen LogP contribution in [0.3, 0.4) is 0 Å². The number of allylic oxidation sites excluding steroid dienone is 1. The van der Waals surface area contributed by atoms with Crippen LogP contribution in [0.2, 0.25) is 0 Å². The van der Waals surface area contributed by atoms with Crippen molar-refractivity contribution in [2.75, 3.05) is 0 Å². The van der Waals surface area contributed by atoms with Crippen molar-refractivity contribution in [1.29, 1.82) is 0 Å². The minimum absolute atomic E-state index is 0.152. The molecule has 0 N–H and O–H groups in total. The Balaban J connectivity index is 1.71. The molecule has 5 heteroatoms. The van der Waals surface area contributed by atoms with Crippen molar-refractivity contribution in [3.05, 3.63) is 11.6 Å². The normalized spacial score (nSPS) is 47.2. The fraction of sp³-hybridized carbons (Fsp3) is 0.750. The Morgan fingerprint density at radius 1 is 1.28 bits per heavy atom. The Bertz CT molecular complexity index is 720. The monoisotopic (exact) mass is 346 g/mol. The van der Waals surface area contributed by atoms with E-state index < -0.39 is 23.1 Å². The highest BCUT2D eigenvalue weighted by Gasteiger charge is 2.78. The maximum absolute atomic E-state index is 13.0. The van der Waals surface area contributed by atoms with Crippen LogP contribution in [0.4, 0.5) is 0 Å². The highest BCUT2D eigenvalue weighted by atomic mass is 16.6. The second kappa shape index (κ2) is 4.81. The molecule has 5 rings (SSSR count). The quantitative estimate of drug-likeness (QED) is 0.446. The first-order valence-electron chi connectivity index (χ1n) is 9.19. The van der Waals surface area contributed by atoms with Gasteiger partial charge < -0.3 is 9.47 Å². The summed E-state index contributed by atoms with van der Waals surface area (Å²) in [6.45, 7) is 9.44. The van der Waals surface area contributed by atoms with Crippen molar-refractivity contribution in [3.8, 4) is 0 Å². The van der Waals surface area contributed by atoms with E-state index in [0.29, 0.717) is 24.3 Å². The number of carbonyl (C=O) groups is 3. The molecule has 1 saturated heterocycles. The van der Waals surface area contributed by atoms with Crippen LogP contribution in [0.5, 0.6) is 0 Å². The van der Waals surface area contributed by atoms with E-state index in [1.54, 1.807) is 26.8 Å². The van der Waals surface area contributed by atoms with Crippen molar-refractivity contribution >= 4 is 17.5 Å². The third-order valence-electron chi connectivity index (χ3n) is 7.82. The van der Waals surface area contributed by atoms with Crippen LogP contribution in [0, 0.1) is 22.7 Å². The maximum atomic E-state index is 13.0. The van der Waals surface area contributed by atoms with Crippen LogP contribution in [-0.2, 0) is 23.9 Å². The first kappa shape index (κ1) is 17.0. The number of esters is 1. The molecule has 5 nitrogen and oxygen atoms in total. The van der Waals surface area contributed by atoms with Gasteiger partial charge in [-0.05, 0) is 44.9 Å². The molecule has 0 spiro atoms. The summed E-state index contributed by atoms with van der Waals surface area (Å²) in [5, 5.41) is 0. The van der Waals surface area contributed by atoms with Crippen molar-refractivity contribution in [1.82, 2.24) is 0 Å². The number of epoxide rings is 1. The van der Waals surface area contributed by atoms with E-state index >= 15 is 0 Å². The average Bonchev–Trinajstić information content (AvgIpc) is 3.02. The summed E-state index contributed by atoms with van der Waals surface area (Å²) in [5.41, 5.74) is -1.10. The lowest BCUT2D eigenvalue weighted by atomic mass is 9.44. The van der Waals surface area contributed by atoms with E-state index in [1.807, 2.05) is 0 Å². The molecule has 0 aromatic rings. The highest BCUT2D eigenvalue weighted by Crippen LogP contribution is 2.74. The second-order valence-electron chi connectivity index (χ2n) is 8.94. The zero-order chi connectivity index (χ0) is 18.4. The maximum Gasteiger partial charge on any atom is 0.334 e. The molecule has 6 unspecified atom stereocenters. The van der Waals surface area contributed by atoms with Crippen LogP contribution < -0.4 is 0 Å². The standard InChI is InChI=1S/C20H26O5/c1-6-10(2)17(23)24-15-12(8-14-19(5,25-14)16(15)22)20-9-11(7-13(20)21)18(20,3)4/h6,11-12,14-15H,7-9H2,1-5H3. The average molecular weight is 346 g/mol. The van der Waals surface area contributed by atoms with E-state index in [0.717, 1.165) is 6.42 Å². The fourth-order valence-electron chi connectivity index (χ4n) is 5.67. The Labute approximate surface area is 148 Å². The SMILES string of the molecule is CC=C(C)C(=O)OC1C(=O)C2(C)OC2CC1C12CC(CC1=O)C2(C)C. The van der Waals surface area contributed by atoms with Gasteiger partial charge in [-0.3, -0.25) is 9.59 Å². The molecule has 0 radical (unpaired) electrons. The van der Waals surface area contributed by atoms with E-state index in [4.69, 9.17) is 9.47 Å². The number of ether oxygens (including phenoxy) is 2. The van der Waals surface area contributed by atoms with E-state index in [9.17, 15) is 14.4 Å². The van der Waals surface area contributed by atoms with Gasteiger partial charge in [0.2, 0.25) is 5.78 Å². The van der Waals surface area contributed by atoms with Crippen LogP contribution in [0.1, 0.15) is 53.9 Å². The molecule has 25 heavy (non-hydrogen) atoms. The van der Waals surface area contributed by atoms with Gasteiger partial charge in [-0.25, -0.2) is 4.79 Å². The molecule has 0 aromatic carbocycles. The smallest absolute Gasteiger partial charge is 0.334 e. The Kier molecular flexibility index (Phi) is 3.26. The first-order valence-corrected chi connectivity index (χ1v) is 9.19. The Morgan fingerprint density at radius 2 is 1.96 bits per heavy atom. The molecule has 0 aromatic heterocycles. The van der Waals surface area contributed by atoms with Gasteiger partial charge >= 0.3 is 5.97 Å². The molecule has 1 aliphatic heterocycles. The molecule has 5 aliphatic rings. The lowest BCUT2D eigenvalue weighted by molar-refractivity contribution is -0.181. The Hall–Kier alpha value is -1.49. The number of ketones is 2. The topological polar surface area (TPSA) is 73.0 Å². The highest BCUT2D eigenvalue weighted by molar-refractivity contribution is 6.00. The number of hydrogen-bond acceptors (Lipinski definition) is 5. The third kappa shape index (κ3) is 1.85. The van der Waals surface area contributed by atoms with Gasteiger partial charge in [-0.1, -0.05) is 19.9 Å². The van der Waals surface area contributed by atoms with Gasteiger partial charge in [-0.2, -0.15) is 0 Å². The van der Waals surface area contributed by atoms with E-state index in [1.165, 1.54) is 0 Å². The number of hydrogen-bond donors (Lipinski definition) is 0. The minimum atomic E-state index is -0.895. The van der Waals surface area contributed by atoms with Crippen LogP contribution in [0.15, 0.2) is 11.6 Å². The van der Waals surface area contributed by atoms with E-state index in [2.05, 4.69) is 13.8 Å². The lowest BCUT2D eigenvalue weighted by Crippen LogP contribution is -2.62. The number of rotatable bonds is 3. The van der Waals surface area contributed by atoms with Gasteiger partial charge in [0, 0.05) is 23.3 Å². The molecule has 136 valence electrons. The molecule has 1 heterocycles. The summed E-state index contributed by atoms with van der Waals surface area (Å²) < 4.78 is 11.4. The number of carbonyl (C=O) groups excluding carboxylic acids is 3. The number of fused-ring (bicyclic) bond motifs is 2. The molecular formula is C20H26O5. The summed E-state index contributed by atoms with van der Waals surface area (Å²) in [6.07, 6.45) is 2.61. The van der Waals surface area contributed by atoms with Crippen molar-refractivity contribution in [3.63, 3.8) is 0 Å². The third-order valence-corrected chi connectivity index (χ3v) is 7.82. The van der Waals surface area contributed by atoms with Crippen molar-refractivity contribution in [2.45, 2.75) is 71.7 Å². The lowest BCUT2D eigenvalue weighted by Gasteiger charge is -2.58. The van der Waals surface area contributed by atoms with Crippen LogP contribution in [-0.4, -0.2) is 35.3 Å². The summed E-state index contributed by atoms with van der Waals surface area (Å²) in [6, 6.07) is 0. The summed E-state index contributed by atoms with van der Waals surface area (Å²) in [4.78, 5) is 38.3. The van der Waals surface area contributed by atoms with Gasteiger partial charge in [0.05, 0.1) is 6.10 Å². The Morgan fingerprint density at radius 3 is 2.48 bits per heavy atom. The molecule has 2 bridgehead atoms. The predicted molar refractivity (Wildman–Crippen MR) is 89.6 cm³/mol. The predicted octanol–water partition coefficient (Wildman–Crippen LogP) is 2.62. The van der Waals surface area contributed by atoms with Crippen LogP contribution in [0.25, 0.3) is 0 Å².